The van der Waals surface area contributed by atoms with Crippen LogP contribution in [0.15, 0.2) is 16.6 Å². The predicted molar refractivity (Wildman–Crippen MR) is 79.1 cm³/mol. The van der Waals surface area contributed by atoms with Crippen molar-refractivity contribution in [2.45, 2.75) is 25.3 Å². The van der Waals surface area contributed by atoms with E-state index in [1.54, 1.807) is 6.07 Å². The molecule has 1 aromatic rings. The molecule has 1 amide bonds. The molecule has 1 aromatic carbocycles. The molecule has 0 bridgehead atoms. The molecule has 20 heavy (non-hydrogen) atoms. The second kappa shape index (κ2) is 5.61. The van der Waals surface area contributed by atoms with Gasteiger partial charge in [-0.05, 0) is 28.8 Å². The van der Waals surface area contributed by atoms with Crippen molar-refractivity contribution < 1.29 is 14.3 Å². The number of benzene rings is 1. The van der Waals surface area contributed by atoms with Crippen LogP contribution in [0.4, 0.5) is 5.69 Å². The molecule has 1 fully saturated rings. The van der Waals surface area contributed by atoms with Crippen molar-refractivity contribution in [3.8, 4) is 11.5 Å². The fourth-order valence-corrected chi connectivity index (χ4v) is 3.12. The molecule has 3 N–H and O–H groups in total. The zero-order valence-electron chi connectivity index (χ0n) is 11.0. The van der Waals surface area contributed by atoms with E-state index in [9.17, 15) is 4.79 Å². The third kappa shape index (κ3) is 2.62. The molecule has 0 radical (unpaired) electrons. The number of ether oxygens (including phenoxy) is 2. The lowest BCUT2D eigenvalue weighted by molar-refractivity contribution is -0.120. The monoisotopic (exact) mass is 340 g/mol. The van der Waals surface area contributed by atoms with E-state index in [2.05, 4.69) is 21.2 Å². The van der Waals surface area contributed by atoms with Gasteiger partial charge in [-0.15, -0.1) is 0 Å². The summed E-state index contributed by atoms with van der Waals surface area (Å²) in [7, 11) is 0. The third-order valence-corrected chi connectivity index (χ3v) is 4.45. The highest BCUT2D eigenvalue weighted by atomic mass is 79.9. The second-order valence-electron chi connectivity index (χ2n) is 5.17. The highest BCUT2D eigenvalue weighted by Crippen LogP contribution is 2.38. The van der Waals surface area contributed by atoms with E-state index >= 15 is 0 Å². The Morgan fingerprint density at radius 2 is 1.95 bits per heavy atom. The zero-order chi connectivity index (χ0) is 14.1. The van der Waals surface area contributed by atoms with Crippen molar-refractivity contribution in [1.82, 2.24) is 0 Å². The SMILES string of the molecule is NC1CCCC1C(=O)Nc1cc2c(cc1Br)OCCO2. The number of halogens is 1. The molecule has 2 aliphatic rings. The van der Waals surface area contributed by atoms with Crippen molar-refractivity contribution in [3.05, 3.63) is 16.6 Å². The number of anilines is 1. The first-order valence-electron chi connectivity index (χ1n) is 6.81. The fourth-order valence-electron chi connectivity index (χ4n) is 2.70. The maximum atomic E-state index is 12.3. The largest absolute Gasteiger partial charge is 0.486 e. The van der Waals surface area contributed by atoms with Crippen LogP contribution in [0.2, 0.25) is 0 Å². The van der Waals surface area contributed by atoms with Gasteiger partial charge in [-0.1, -0.05) is 6.42 Å². The molecule has 5 nitrogen and oxygen atoms in total. The number of amides is 1. The number of hydrogen-bond donors (Lipinski definition) is 2. The average molecular weight is 341 g/mol. The van der Waals surface area contributed by atoms with E-state index in [0.29, 0.717) is 30.4 Å². The Morgan fingerprint density at radius 3 is 2.60 bits per heavy atom. The van der Waals surface area contributed by atoms with Crippen LogP contribution in [0.25, 0.3) is 0 Å². The van der Waals surface area contributed by atoms with Gasteiger partial charge in [-0.3, -0.25) is 4.79 Å². The van der Waals surface area contributed by atoms with E-state index in [0.717, 1.165) is 23.7 Å². The van der Waals surface area contributed by atoms with E-state index < -0.39 is 0 Å². The lowest BCUT2D eigenvalue weighted by Gasteiger charge is -2.21. The summed E-state index contributed by atoms with van der Waals surface area (Å²) in [4.78, 5) is 12.3. The van der Waals surface area contributed by atoms with Crippen molar-refractivity contribution in [2.75, 3.05) is 18.5 Å². The van der Waals surface area contributed by atoms with Crippen LogP contribution in [-0.4, -0.2) is 25.2 Å². The third-order valence-electron chi connectivity index (χ3n) is 3.80. The molecule has 108 valence electrons. The van der Waals surface area contributed by atoms with Gasteiger partial charge in [0.2, 0.25) is 5.91 Å². The first-order valence-corrected chi connectivity index (χ1v) is 7.60. The number of carbonyl (C=O) groups excluding carboxylic acids is 1. The van der Waals surface area contributed by atoms with E-state index in [4.69, 9.17) is 15.2 Å². The average Bonchev–Trinajstić information content (AvgIpc) is 2.86. The molecular weight excluding hydrogens is 324 g/mol. The summed E-state index contributed by atoms with van der Waals surface area (Å²) < 4.78 is 11.8. The van der Waals surface area contributed by atoms with Gasteiger partial charge < -0.3 is 20.5 Å². The van der Waals surface area contributed by atoms with Crippen LogP contribution in [0.5, 0.6) is 11.5 Å². The summed E-state index contributed by atoms with van der Waals surface area (Å²) in [6.45, 7) is 1.07. The smallest absolute Gasteiger partial charge is 0.229 e. The minimum atomic E-state index is -0.102. The molecular formula is C14H17BrN2O3. The lowest BCUT2D eigenvalue weighted by atomic mass is 10.0. The fraction of sp³-hybridized carbons (Fsp3) is 0.500. The van der Waals surface area contributed by atoms with Crippen LogP contribution >= 0.6 is 15.9 Å². The number of carbonyl (C=O) groups is 1. The van der Waals surface area contributed by atoms with Crippen LogP contribution in [0.1, 0.15) is 19.3 Å². The van der Waals surface area contributed by atoms with Crippen LogP contribution in [0, 0.1) is 5.92 Å². The molecule has 0 spiro atoms. The Morgan fingerprint density at radius 1 is 1.25 bits per heavy atom. The Kier molecular flexibility index (Phi) is 3.85. The van der Waals surface area contributed by atoms with Crippen molar-refractivity contribution >= 4 is 27.5 Å². The molecule has 3 rings (SSSR count). The minimum Gasteiger partial charge on any atom is -0.486 e. The zero-order valence-corrected chi connectivity index (χ0v) is 12.6. The standard InChI is InChI=1S/C14H17BrN2O3/c15-9-6-12-13(20-5-4-19-12)7-11(9)17-14(18)8-2-1-3-10(8)16/h6-8,10H,1-5,16H2,(H,17,18). The number of fused-ring (bicyclic) bond motifs is 1. The normalized spacial score (nSPS) is 24.5. The van der Waals surface area contributed by atoms with Gasteiger partial charge in [-0.25, -0.2) is 0 Å². The Labute approximate surface area is 125 Å². The van der Waals surface area contributed by atoms with Gasteiger partial charge in [0.05, 0.1) is 11.6 Å². The highest BCUT2D eigenvalue weighted by molar-refractivity contribution is 9.10. The molecule has 1 aliphatic carbocycles. The lowest BCUT2D eigenvalue weighted by Crippen LogP contribution is -2.34. The van der Waals surface area contributed by atoms with Gasteiger partial charge in [0, 0.05) is 22.6 Å². The second-order valence-corrected chi connectivity index (χ2v) is 6.02. The van der Waals surface area contributed by atoms with Gasteiger partial charge in [0.1, 0.15) is 13.2 Å². The molecule has 1 saturated carbocycles. The first-order chi connectivity index (χ1) is 9.65. The molecule has 2 unspecified atom stereocenters. The topological polar surface area (TPSA) is 73.6 Å². The number of rotatable bonds is 2. The Balaban J connectivity index is 1.78. The molecule has 0 aromatic heterocycles. The maximum Gasteiger partial charge on any atom is 0.229 e. The van der Waals surface area contributed by atoms with Gasteiger partial charge in [-0.2, -0.15) is 0 Å². The van der Waals surface area contributed by atoms with Gasteiger partial charge >= 0.3 is 0 Å². The van der Waals surface area contributed by atoms with Crippen LogP contribution < -0.4 is 20.5 Å². The van der Waals surface area contributed by atoms with Gasteiger partial charge in [0.15, 0.2) is 11.5 Å². The number of nitrogens with two attached hydrogens (primary N) is 1. The molecule has 2 atom stereocenters. The minimum absolute atomic E-state index is 0.0209. The summed E-state index contributed by atoms with van der Waals surface area (Å²) >= 11 is 3.45. The summed E-state index contributed by atoms with van der Waals surface area (Å²) in [5.41, 5.74) is 6.66. The summed E-state index contributed by atoms with van der Waals surface area (Å²) in [6.07, 6.45) is 2.79. The van der Waals surface area contributed by atoms with E-state index in [1.165, 1.54) is 0 Å². The first kappa shape index (κ1) is 13.7. The molecule has 1 heterocycles. The van der Waals surface area contributed by atoms with Gasteiger partial charge in [0.25, 0.3) is 0 Å². The summed E-state index contributed by atoms with van der Waals surface area (Å²) in [5, 5.41) is 2.93. The van der Waals surface area contributed by atoms with E-state index in [1.807, 2.05) is 6.07 Å². The van der Waals surface area contributed by atoms with Crippen molar-refractivity contribution in [1.29, 1.82) is 0 Å². The summed E-state index contributed by atoms with van der Waals surface area (Å²) in [6, 6.07) is 3.57. The summed E-state index contributed by atoms with van der Waals surface area (Å²) in [5.74, 6) is 1.23. The Bertz CT molecular complexity index is 535. The molecule has 0 saturated heterocycles. The number of hydrogen-bond acceptors (Lipinski definition) is 4. The van der Waals surface area contributed by atoms with Crippen LogP contribution in [0.3, 0.4) is 0 Å². The quantitative estimate of drug-likeness (QED) is 0.866. The number of nitrogens with one attached hydrogen (secondary N) is 1. The van der Waals surface area contributed by atoms with Crippen molar-refractivity contribution in [3.63, 3.8) is 0 Å². The Hall–Kier alpha value is -1.27. The van der Waals surface area contributed by atoms with Crippen molar-refractivity contribution in [2.24, 2.45) is 11.7 Å². The van der Waals surface area contributed by atoms with E-state index in [-0.39, 0.29) is 17.9 Å². The molecule has 6 heteroatoms. The predicted octanol–water partition coefficient (Wildman–Crippen LogP) is 2.29. The molecule has 1 aliphatic heterocycles. The highest BCUT2D eigenvalue weighted by Gasteiger charge is 2.30. The maximum absolute atomic E-state index is 12.3. The van der Waals surface area contributed by atoms with Crippen LogP contribution in [-0.2, 0) is 4.79 Å².